The van der Waals surface area contributed by atoms with Gasteiger partial charge in [-0.05, 0) is 72.4 Å². The third kappa shape index (κ3) is 6.22. The number of aryl methyl sites for hydroxylation is 1. The van der Waals surface area contributed by atoms with E-state index in [1.807, 2.05) is 49.4 Å². The summed E-state index contributed by atoms with van der Waals surface area (Å²) in [7, 11) is 0. The number of nitrogens with one attached hydrogen (secondary N) is 2. The van der Waals surface area contributed by atoms with E-state index in [9.17, 15) is 14.0 Å². The minimum atomic E-state index is -0.964. The number of aliphatic carboxylic acids is 1. The zero-order chi connectivity index (χ0) is 27.2. The van der Waals surface area contributed by atoms with E-state index in [-0.39, 0.29) is 36.5 Å². The zero-order valence-corrected chi connectivity index (χ0v) is 22.2. The van der Waals surface area contributed by atoms with Crippen molar-refractivity contribution in [3.8, 4) is 0 Å². The van der Waals surface area contributed by atoms with Crippen molar-refractivity contribution < 1.29 is 19.1 Å². The predicted octanol–water partition coefficient (Wildman–Crippen LogP) is 6.97. The van der Waals surface area contributed by atoms with Gasteiger partial charge in [0.05, 0.1) is 12.1 Å². The second-order valence-corrected chi connectivity index (χ2v) is 10.0. The van der Waals surface area contributed by atoms with Gasteiger partial charge in [0.25, 0.3) is 5.91 Å². The van der Waals surface area contributed by atoms with Gasteiger partial charge >= 0.3 is 5.97 Å². The lowest BCUT2D eigenvalue weighted by Gasteiger charge is -2.28. The Morgan fingerprint density at radius 3 is 2.42 bits per heavy atom. The fraction of sp³-hybridized carbons (Fsp3) is 0.300. The molecule has 0 spiro atoms. The number of carboxylic acids is 1. The number of benzene rings is 3. The van der Waals surface area contributed by atoms with Crippen LogP contribution >= 0.6 is 11.6 Å². The number of carbonyl (C=O) groups is 2. The number of halogens is 2. The van der Waals surface area contributed by atoms with E-state index in [0.717, 1.165) is 47.0 Å². The van der Waals surface area contributed by atoms with E-state index >= 15 is 0 Å². The summed E-state index contributed by atoms with van der Waals surface area (Å²) in [4.78, 5) is 23.3. The minimum Gasteiger partial charge on any atom is -0.481 e. The molecule has 0 bridgehead atoms. The lowest BCUT2D eigenvalue weighted by atomic mass is 9.76. The number of fused-ring (bicyclic) bond motifs is 1. The molecular weight excluding hydrogens is 505 g/mol. The van der Waals surface area contributed by atoms with Gasteiger partial charge in [0.1, 0.15) is 5.52 Å². The topological polar surface area (TPSA) is 95.1 Å². The van der Waals surface area contributed by atoms with E-state index in [1.54, 1.807) is 12.1 Å². The third-order valence-corrected chi connectivity index (χ3v) is 7.07. The number of H-pyrrole nitrogens is 1. The van der Waals surface area contributed by atoms with Crippen LogP contribution in [0, 0.1) is 12.7 Å². The Morgan fingerprint density at radius 1 is 1.08 bits per heavy atom. The number of nitrogens with zero attached hydrogens (tertiary/aromatic N) is 1. The summed E-state index contributed by atoms with van der Waals surface area (Å²) < 4.78 is 14.8. The van der Waals surface area contributed by atoms with Gasteiger partial charge in [-0.1, -0.05) is 55.6 Å². The molecule has 0 aliphatic carbocycles. The van der Waals surface area contributed by atoms with Gasteiger partial charge < -0.3 is 10.4 Å². The lowest BCUT2D eigenvalue weighted by Crippen LogP contribution is -2.26. The van der Waals surface area contributed by atoms with Crippen molar-refractivity contribution in [2.45, 2.75) is 51.4 Å². The van der Waals surface area contributed by atoms with Gasteiger partial charge in [-0.25, -0.2) is 4.39 Å². The Morgan fingerprint density at radius 2 is 1.76 bits per heavy atom. The summed E-state index contributed by atoms with van der Waals surface area (Å²) >= 11 is 6.22. The standard InChI is InChI=1S/C30H31ClFN3O3/c1-3-4-5-23(19-6-8-21(9-7-19)30(38)33-15-14-26(36)37)27(20-10-12-22(31)13-11-20)29-24-16-18(2)17-25(32)28(24)34-35-29/h6-13,16-17,23,27H,3-5,14-15H2,1-2H3,(H,33,38)(H,34,35)(H,36,37)/t23-,27+/m1/s1. The van der Waals surface area contributed by atoms with E-state index in [1.165, 1.54) is 6.07 Å². The first-order valence-electron chi connectivity index (χ1n) is 12.8. The molecule has 1 heterocycles. The number of aromatic amines is 1. The molecule has 38 heavy (non-hydrogen) atoms. The Labute approximate surface area is 226 Å². The maximum Gasteiger partial charge on any atom is 0.305 e. The molecule has 1 amide bonds. The van der Waals surface area contributed by atoms with Crippen LogP contribution in [0.15, 0.2) is 60.7 Å². The zero-order valence-electron chi connectivity index (χ0n) is 21.4. The first-order chi connectivity index (χ1) is 18.3. The highest BCUT2D eigenvalue weighted by atomic mass is 35.5. The van der Waals surface area contributed by atoms with E-state index in [0.29, 0.717) is 16.1 Å². The van der Waals surface area contributed by atoms with Gasteiger partial charge in [-0.2, -0.15) is 5.10 Å². The molecule has 8 heteroatoms. The van der Waals surface area contributed by atoms with Crippen LogP contribution in [0.25, 0.3) is 10.9 Å². The summed E-state index contributed by atoms with van der Waals surface area (Å²) in [5.41, 5.74) is 4.49. The number of amides is 1. The number of unbranched alkanes of at least 4 members (excludes halogenated alkanes) is 1. The molecule has 2 atom stereocenters. The molecule has 0 radical (unpaired) electrons. The van der Waals surface area contributed by atoms with Crippen molar-refractivity contribution in [3.05, 3.63) is 99.5 Å². The van der Waals surface area contributed by atoms with Gasteiger partial charge in [0.2, 0.25) is 0 Å². The monoisotopic (exact) mass is 535 g/mol. The summed E-state index contributed by atoms with van der Waals surface area (Å²) in [5.74, 6) is -1.80. The van der Waals surface area contributed by atoms with Crippen LogP contribution in [0.4, 0.5) is 4.39 Å². The smallest absolute Gasteiger partial charge is 0.305 e. The lowest BCUT2D eigenvalue weighted by molar-refractivity contribution is -0.136. The molecule has 0 unspecified atom stereocenters. The van der Waals surface area contributed by atoms with Crippen LogP contribution < -0.4 is 5.32 Å². The first kappa shape index (κ1) is 27.3. The van der Waals surface area contributed by atoms with E-state index < -0.39 is 5.97 Å². The fourth-order valence-electron chi connectivity index (χ4n) is 4.95. The number of hydrogen-bond acceptors (Lipinski definition) is 3. The van der Waals surface area contributed by atoms with Crippen LogP contribution in [0.5, 0.6) is 0 Å². The van der Waals surface area contributed by atoms with Crippen molar-refractivity contribution in [3.63, 3.8) is 0 Å². The highest BCUT2D eigenvalue weighted by molar-refractivity contribution is 6.30. The van der Waals surface area contributed by atoms with E-state index in [2.05, 4.69) is 22.4 Å². The summed E-state index contributed by atoms with van der Waals surface area (Å²) in [6.45, 7) is 4.07. The molecular formula is C30H31ClFN3O3. The molecule has 198 valence electrons. The van der Waals surface area contributed by atoms with Crippen molar-refractivity contribution in [1.82, 2.24) is 15.5 Å². The molecule has 6 nitrogen and oxygen atoms in total. The van der Waals surface area contributed by atoms with Crippen molar-refractivity contribution >= 4 is 34.4 Å². The summed E-state index contributed by atoms with van der Waals surface area (Å²) in [6, 6.07) is 18.6. The molecule has 0 aliphatic heterocycles. The van der Waals surface area contributed by atoms with Crippen LogP contribution in [-0.4, -0.2) is 33.7 Å². The SMILES string of the molecule is CCCC[C@H](c1ccc(C(=O)NCCC(=O)O)cc1)[C@H](c1ccc(Cl)cc1)c1[nH]nc2c(F)cc(C)cc12. The highest BCUT2D eigenvalue weighted by Crippen LogP contribution is 2.43. The molecule has 0 saturated heterocycles. The molecule has 4 rings (SSSR count). The average molecular weight is 536 g/mol. The Balaban J connectivity index is 1.77. The molecule has 4 aromatic rings. The van der Waals surface area contributed by atoms with Crippen molar-refractivity contribution in [1.29, 1.82) is 0 Å². The van der Waals surface area contributed by atoms with Gasteiger partial charge in [0, 0.05) is 28.4 Å². The molecule has 3 N–H and O–H groups in total. The minimum absolute atomic E-state index is 0.00692. The number of carboxylic acid groups (broad SMARTS) is 1. The Kier molecular flexibility index (Phi) is 8.79. The maximum absolute atomic E-state index is 14.8. The molecule has 0 aliphatic rings. The van der Waals surface area contributed by atoms with Gasteiger partial charge in [-0.3, -0.25) is 14.7 Å². The van der Waals surface area contributed by atoms with Crippen LogP contribution in [0.3, 0.4) is 0 Å². The van der Waals surface area contributed by atoms with Crippen LogP contribution in [-0.2, 0) is 4.79 Å². The normalized spacial score (nSPS) is 12.8. The van der Waals surface area contributed by atoms with Crippen LogP contribution in [0.2, 0.25) is 5.02 Å². The number of carbonyl (C=O) groups excluding carboxylic acids is 1. The van der Waals surface area contributed by atoms with E-state index in [4.69, 9.17) is 16.7 Å². The average Bonchev–Trinajstić information content (AvgIpc) is 3.31. The Hall–Kier alpha value is -3.71. The highest BCUT2D eigenvalue weighted by Gasteiger charge is 2.30. The molecule has 0 saturated carbocycles. The maximum atomic E-state index is 14.8. The van der Waals surface area contributed by atoms with Crippen molar-refractivity contribution in [2.24, 2.45) is 0 Å². The predicted molar refractivity (Wildman–Crippen MR) is 147 cm³/mol. The summed E-state index contributed by atoms with van der Waals surface area (Å²) in [5, 5.41) is 20.3. The number of aromatic nitrogens is 2. The van der Waals surface area contributed by atoms with Crippen molar-refractivity contribution in [2.75, 3.05) is 6.54 Å². The third-order valence-electron chi connectivity index (χ3n) is 6.82. The first-order valence-corrected chi connectivity index (χ1v) is 13.2. The second kappa shape index (κ2) is 12.2. The van der Waals surface area contributed by atoms with Crippen LogP contribution in [0.1, 0.15) is 77.2 Å². The number of hydrogen-bond donors (Lipinski definition) is 3. The largest absolute Gasteiger partial charge is 0.481 e. The quantitative estimate of drug-likeness (QED) is 0.193. The second-order valence-electron chi connectivity index (χ2n) is 9.58. The van der Waals surface area contributed by atoms with Gasteiger partial charge in [0.15, 0.2) is 5.82 Å². The molecule has 1 aromatic heterocycles. The fourth-order valence-corrected chi connectivity index (χ4v) is 5.08. The van der Waals surface area contributed by atoms with Gasteiger partial charge in [-0.15, -0.1) is 0 Å². The molecule has 3 aromatic carbocycles. The number of rotatable bonds is 11. The summed E-state index contributed by atoms with van der Waals surface area (Å²) in [6.07, 6.45) is 2.71. The molecule has 0 fully saturated rings. The Bertz CT molecular complexity index is 1420.